The van der Waals surface area contributed by atoms with Crippen molar-refractivity contribution >= 4 is 16.1 Å². The van der Waals surface area contributed by atoms with Crippen LogP contribution in [0.4, 0.5) is 0 Å². The monoisotopic (exact) mass is 270 g/mol. The molecule has 98 valence electrons. The van der Waals surface area contributed by atoms with Crippen LogP contribution in [0.1, 0.15) is 10.4 Å². The summed E-state index contributed by atoms with van der Waals surface area (Å²) in [4.78, 5) is 17.5. The Morgan fingerprint density at radius 2 is 1.72 bits per heavy atom. The summed E-state index contributed by atoms with van der Waals surface area (Å²) in [5, 5.41) is 5.03. The van der Waals surface area contributed by atoms with Crippen molar-refractivity contribution in [3.8, 4) is 0 Å². The van der Waals surface area contributed by atoms with Gasteiger partial charge in [0.25, 0.3) is 16.1 Å². The highest BCUT2D eigenvalue weighted by atomic mass is 32.2. The number of piperazine rings is 1. The quantitative estimate of drug-likeness (QED) is 0.748. The second kappa shape index (κ2) is 5.01. The van der Waals surface area contributed by atoms with E-state index in [4.69, 9.17) is 5.14 Å². The van der Waals surface area contributed by atoms with Crippen LogP contribution in [0.3, 0.4) is 0 Å². The van der Waals surface area contributed by atoms with E-state index < -0.39 is 10.2 Å². The zero-order valence-corrected chi connectivity index (χ0v) is 10.5. The van der Waals surface area contributed by atoms with Crippen LogP contribution in [0, 0.1) is 0 Å². The lowest BCUT2D eigenvalue weighted by Crippen LogP contribution is -2.52. The Morgan fingerprint density at radius 3 is 2.22 bits per heavy atom. The number of hydrogen-bond acceptors (Lipinski definition) is 4. The summed E-state index contributed by atoms with van der Waals surface area (Å²) in [5.41, 5.74) is 0.550. The van der Waals surface area contributed by atoms with Gasteiger partial charge in [0.15, 0.2) is 0 Å². The molecule has 2 heterocycles. The molecule has 7 nitrogen and oxygen atoms in total. The largest absolute Gasteiger partial charge is 0.336 e. The molecule has 1 aromatic rings. The third-order valence-electron chi connectivity index (χ3n) is 2.81. The molecule has 0 bridgehead atoms. The SMILES string of the molecule is NS(=O)(=O)N1CCN(C(=O)c2ccncc2)CC1. The highest BCUT2D eigenvalue weighted by molar-refractivity contribution is 7.86. The molecule has 0 aromatic carbocycles. The Labute approximate surface area is 105 Å². The van der Waals surface area contributed by atoms with Crippen molar-refractivity contribution in [2.75, 3.05) is 26.2 Å². The molecule has 0 aliphatic carbocycles. The van der Waals surface area contributed by atoms with E-state index >= 15 is 0 Å². The number of aromatic nitrogens is 1. The highest BCUT2D eigenvalue weighted by Gasteiger charge is 2.26. The number of carbonyl (C=O) groups is 1. The molecule has 0 saturated carbocycles. The Hall–Kier alpha value is -1.51. The van der Waals surface area contributed by atoms with Gasteiger partial charge in [-0.2, -0.15) is 12.7 Å². The standard InChI is InChI=1S/C10H14N4O3S/c11-18(16,17)14-7-5-13(6-8-14)10(15)9-1-3-12-4-2-9/h1-4H,5-8H2,(H2,11,16,17). The van der Waals surface area contributed by atoms with Gasteiger partial charge in [0, 0.05) is 44.1 Å². The lowest BCUT2D eigenvalue weighted by molar-refractivity contribution is 0.0697. The normalized spacial score (nSPS) is 17.7. The van der Waals surface area contributed by atoms with E-state index in [1.54, 1.807) is 29.4 Å². The first-order valence-corrected chi connectivity index (χ1v) is 6.96. The third-order valence-corrected chi connectivity index (χ3v) is 3.90. The number of rotatable bonds is 2. The first kappa shape index (κ1) is 12.9. The van der Waals surface area contributed by atoms with E-state index in [-0.39, 0.29) is 19.0 Å². The number of nitrogens with zero attached hydrogens (tertiary/aromatic N) is 3. The fourth-order valence-corrected chi connectivity index (χ4v) is 2.49. The van der Waals surface area contributed by atoms with Crippen LogP contribution < -0.4 is 5.14 Å². The molecule has 2 rings (SSSR count). The summed E-state index contributed by atoms with van der Waals surface area (Å²) < 4.78 is 23.4. The van der Waals surface area contributed by atoms with Gasteiger partial charge in [-0.15, -0.1) is 0 Å². The minimum absolute atomic E-state index is 0.119. The van der Waals surface area contributed by atoms with Crippen molar-refractivity contribution in [2.24, 2.45) is 5.14 Å². The van der Waals surface area contributed by atoms with Crippen molar-refractivity contribution < 1.29 is 13.2 Å². The van der Waals surface area contributed by atoms with E-state index in [0.29, 0.717) is 18.7 Å². The van der Waals surface area contributed by atoms with Crippen LogP contribution in [0.25, 0.3) is 0 Å². The Bertz CT molecular complexity index is 523. The molecule has 2 N–H and O–H groups in total. The first-order valence-electron chi connectivity index (χ1n) is 5.45. The number of carbonyl (C=O) groups excluding carboxylic acids is 1. The van der Waals surface area contributed by atoms with Crippen molar-refractivity contribution in [3.63, 3.8) is 0 Å². The number of nitrogens with two attached hydrogens (primary N) is 1. The minimum atomic E-state index is -3.65. The molecule has 1 aromatic heterocycles. The van der Waals surface area contributed by atoms with Gasteiger partial charge >= 0.3 is 0 Å². The molecule has 0 atom stereocenters. The Kier molecular flexibility index (Phi) is 3.60. The van der Waals surface area contributed by atoms with Gasteiger partial charge in [0.05, 0.1) is 0 Å². The van der Waals surface area contributed by atoms with Crippen LogP contribution in [0.5, 0.6) is 0 Å². The van der Waals surface area contributed by atoms with E-state index in [2.05, 4.69) is 4.98 Å². The summed E-state index contributed by atoms with van der Waals surface area (Å²) in [7, 11) is -3.65. The molecular weight excluding hydrogens is 256 g/mol. The van der Waals surface area contributed by atoms with Crippen LogP contribution >= 0.6 is 0 Å². The van der Waals surface area contributed by atoms with Crippen molar-refractivity contribution in [1.29, 1.82) is 0 Å². The summed E-state index contributed by atoms with van der Waals surface area (Å²) in [6.07, 6.45) is 3.10. The fraction of sp³-hybridized carbons (Fsp3) is 0.400. The zero-order chi connectivity index (χ0) is 13.2. The Balaban J connectivity index is 2.01. The maximum Gasteiger partial charge on any atom is 0.277 e. The highest BCUT2D eigenvalue weighted by Crippen LogP contribution is 2.09. The summed E-state index contributed by atoms with van der Waals surface area (Å²) in [6, 6.07) is 3.27. The molecule has 0 spiro atoms. The number of amides is 1. The van der Waals surface area contributed by atoms with Gasteiger partial charge in [-0.3, -0.25) is 9.78 Å². The predicted octanol–water partition coefficient (Wildman–Crippen LogP) is -0.957. The van der Waals surface area contributed by atoms with Gasteiger partial charge in [0.2, 0.25) is 0 Å². The van der Waals surface area contributed by atoms with E-state index in [9.17, 15) is 13.2 Å². The molecule has 0 radical (unpaired) electrons. The third kappa shape index (κ3) is 2.84. The molecule has 1 aliphatic rings. The molecule has 1 fully saturated rings. The molecule has 1 saturated heterocycles. The molecular formula is C10H14N4O3S. The number of pyridine rings is 1. The lowest BCUT2D eigenvalue weighted by atomic mass is 10.2. The molecule has 1 aliphatic heterocycles. The summed E-state index contributed by atoms with van der Waals surface area (Å²) >= 11 is 0. The summed E-state index contributed by atoms with van der Waals surface area (Å²) in [5.74, 6) is -0.119. The van der Waals surface area contributed by atoms with Crippen LogP contribution in [0.15, 0.2) is 24.5 Å². The predicted molar refractivity (Wildman–Crippen MR) is 64.8 cm³/mol. The maximum absolute atomic E-state index is 12.1. The van der Waals surface area contributed by atoms with Gasteiger partial charge in [-0.1, -0.05) is 0 Å². The van der Waals surface area contributed by atoms with Crippen molar-refractivity contribution in [3.05, 3.63) is 30.1 Å². The molecule has 1 amide bonds. The van der Waals surface area contributed by atoms with Crippen LogP contribution in [-0.2, 0) is 10.2 Å². The average molecular weight is 270 g/mol. The topological polar surface area (TPSA) is 96.6 Å². The van der Waals surface area contributed by atoms with Crippen molar-refractivity contribution in [2.45, 2.75) is 0 Å². The van der Waals surface area contributed by atoms with Gasteiger partial charge in [-0.25, -0.2) is 5.14 Å². The van der Waals surface area contributed by atoms with Crippen molar-refractivity contribution in [1.82, 2.24) is 14.2 Å². The average Bonchev–Trinajstić information content (AvgIpc) is 2.38. The maximum atomic E-state index is 12.1. The molecule has 0 unspecified atom stereocenters. The zero-order valence-electron chi connectivity index (χ0n) is 9.69. The second-order valence-corrected chi connectivity index (χ2v) is 5.52. The first-order chi connectivity index (χ1) is 8.48. The van der Waals surface area contributed by atoms with Gasteiger partial charge in [-0.05, 0) is 12.1 Å². The van der Waals surface area contributed by atoms with Gasteiger partial charge < -0.3 is 4.90 Å². The number of hydrogen-bond donors (Lipinski definition) is 1. The van der Waals surface area contributed by atoms with Crippen LogP contribution in [0.2, 0.25) is 0 Å². The smallest absolute Gasteiger partial charge is 0.277 e. The van der Waals surface area contributed by atoms with Gasteiger partial charge in [0.1, 0.15) is 0 Å². The fourth-order valence-electron chi connectivity index (χ4n) is 1.82. The van der Waals surface area contributed by atoms with Crippen LogP contribution in [-0.4, -0.2) is 54.7 Å². The second-order valence-electron chi connectivity index (χ2n) is 3.97. The Morgan fingerprint density at radius 1 is 1.17 bits per heavy atom. The molecule has 18 heavy (non-hydrogen) atoms. The minimum Gasteiger partial charge on any atom is -0.336 e. The summed E-state index contributed by atoms with van der Waals surface area (Å²) in [6.45, 7) is 1.15. The van der Waals surface area contributed by atoms with E-state index in [0.717, 1.165) is 0 Å². The van der Waals surface area contributed by atoms with E-state index in [1.165, 1.54) is 4.31 Å². The van der Waals surface area contributed by atoms with E-state index in [1.807, 2.05) is 0 Å². The lowest BCUT2D eigenvalue weighted by Gasteiger charge is -2.32. The molecule has 8 heteroatoms.